The van der Waals surface area contributed by atoms with E-state index < -0.39 is 11.6 Å². The molecule has 0 fully saturated rings. The Bertz CT molecular complexity index is 569. The van der Waals surface area contributed by atoms with Crippen LogP contribution in [0.1, 0.15) is 18.9 Å². The largest absolute Gasteiger partial charge is 0.481 e. The Labute approximate surface area is 99.1 Å². The zero-order valence-corrected chi connectivity index (χ0v) is 9.84. The molecule has 2 rings (SSSR count). The van der Waals surface area contributed by atoms with E-state index in [0.717, 1.165) is 10.9 Å². The molecule has 4 nitrogen and oxygen atoms in total. The summed E-state index contributed by atoms with van der Waals surface area (Å²) in [5.74, 6) is -1.01. The molecule has 90 valence electrons. The predicted octanol–water partition coefficient (Wildman–Crippen LogP) is 1.86. The van der Waals surface area contributed by atoms with Crippen molar-refractivity contribution in [1.82, 2.24) is 4.57 Å². The topological polar surface area (TPSA) is 62.5 Å². The number of aryl methyl sites for hydroxylation is 1. The van der Waals surface area contributed by atoms with Gasteiger partial charge < -0.3 is 14.8 Å². The first-order chi connectivity index (χ1) is 7.92. The first kappa shape index (κ1) is 11.7. The number of carboxylic acid groups (broad SMARTS) is 1. The third-order valence-electron chi connectivity index (χ3n) is 2.97. The molecule has 1 atom stereocenters. The van der Waals surface area contributed by atoms with Crippen LogP contribution in [0.25, 0.3) is 10.9 Å². The summed E-state index contributed by atoms with van der Waals surface area (Å²) in [7, 11) is 1.88. The number of rotatable bonds is 3. The third kappa shape index (κ3) is 2.03. The van der Waals surface area contributed by atoms with Crippen LogP contribution in [0.5, 0.6) is 0 Å². The van der Waals surface area contributed by atoms with Crippen LogP contribution >= 0.6 is 0 Å². The number of hydrogen-bond acceptors (Lipinski definition) is 2. The van der Waals surface area contributed by atoms with E-state index in [9.17, 15) is 9.90 Å². The number of benzene rings is 1. The van der Waals surface area contributed by atoms with Gasteiger partial charge in [-0.25, -0.2) is 0 Å². The van der Waals surface area contributed by atoms with E-state index >= 15 is 0 Å². The van der Waals surface area contributed by atoms with Crippen molar-refractivity contribution in [3.8, 4) is 0 Å². The average molecular weight is 233 g/mol. The molecule has 0 aliphatic carbocycles. The highest BCUT2D eigenvalue weighted by Gasteiger charge is 2.29. The van der Waals surface area contributed by atoms with E-state index in [1.165, 1.54) is 6.92 Å². The number of aliphatic carboxylic acids is 1. The predicted molar refractivity (Wildman–Crippen MR) is 64.7 cm³/mol. The lowest BCUT2D eigenvalue weighted by Crippen LogP contribution is -2.24. The molecule has 2 N–H and O–H groups in total. The Balaban J connectivity index is 2.59. The summed E-state index contributed by atoms with van der Waals surface area (Å²) in [5.41, 5.74) is 0.276. The number of aliphatic hydroxyl groups is 1. The number of carbonyl (C=O) groups is 1. The molecule has 1 unspecified atom stereocenters. The molecule has 0 amide bonds. The molecule has 0 saturated carbocycles. The zero-order valence-electron chi connectivity index (χ0n) is 9.84. The van der Waals surface area contributed by atoms with Crippen LogP contribution in [0.15, 0.2) is 30.5 Å². The second-order valence-corrected chi connectivity index (χ2v) is 4.52. The van der Waals surface area contributed by atoms with Gasteiger partial charge in [0.25, 0.3) is 0 Å². The van der Waals surface area contributed by atoms with Gasteiger partial charge in [0.05, 0.1) is 12.0 Å². The van der Waals surface area contributed by atoms with Gasteiger partial charge in [0.2, 0.25) is 0 Å². The first-order valence-corrected chi connectivity index (χ1v) is 5.40. The monoisotopic (exact) mass is 233 g/mol. The van der Waals surface area contributed by atoms with Crippen LogP contribution in [0.2, 0.25) is 0 Å². The van der Waals surface area contributed by atoms with E-state index in [2.05, 4.69) is 0 Å². The molecule has 0 spiro atoms. The minimum atomic E-state index is -1.35. The summed E-state index contributed by atoms with van der Waals surface area (Å²) in [4.78, 5) is 10.8. The second-order valence-electron chi connectivity index (χ2n) is 4.52. The van der Waals surface area contributed by atoms with Gasteiger partial charge in [-0.2, -0.15) is 0 Å². The molecule has 0 aliphatic rings. The molecule has 0 radical (unpaired) electrons. The second kappa shape index (κ2) is 3.89. The molecular weight excluding hydrogens is 218 g/mol. The average Bonchev–Trinajstić information content (AvgIpc) is 2.56. The smallest absolute Gasteiger partial charge is 0.306 e. The number of para-hydroxylation sites is 1. The fraction of sp³-hybridized carbons (Fsp3) is 0.308. The lowest BCUT2D eigenvalue weighted by molar-refractivity contribution is -0.142. The van der Waals surface area contributed by atoms with Crippen molar-refractivity contribution in [3.63, 3.8) is 0 Å². The van der Waals surface area contributed by atoms with Crippen molar-refractivity contribution in [2.24, 2.45) is 7.05 Å². The molecule has 1 heterocycles. The van der Waals surface area contributed by atoms with Gasteiger partial charge in [0, 0.05) is 29.7 Å². The van der Waals surface area contributed by atoms with E-state index in [1.54, 1.807) is 6.20 Å². The van der Waals surface area contributed by atoms with Crippen molar-refractivity contribution in [1.29, 1.82) is 0 Å². The Morgan fingerprint density at radius 1 is 1.41 bits per heavy atom. The van der Waals surface area contributed by atoms with Crippen molar-refractivity contribution in [3.05, 3.63) is 36.0 Å². The van der Waals surface area contributed by atoms with Gasteiger partial charge in [0.1, 0.15) is 0 Å². The minimum Gasteiger partial charge on any atom is -0.481 e. The molecule has 17 heavy (non-hydrogen) atoms. The molecule has 0 aliphatic heterocycles. The highest BCUT2D eigenvalue weighted by Crippen LogP contribution is 2.32. The fourth-order valence-electron chi connectivity index (χ4n) is 2.16. The zero-order chi connectivity index (χ0) is 12.6. The Morgan fingerprint density at radius 2 is 2.06 bits per heavy atom. The van der Waals surface area contributed by atoms with Crippen molar-refractivity contribution >= 4 is 16.9 Å². The summed E-state index contributed by atoms with van der Waals surface area (Å²) in [6.45, 7) is 1.53. The van der Waals surface area contributed by atoms with Gasteiger partial charge in [0.15, 0.2) is 0 Å². The van der Waals surface area contributed by atoms with Crippen molar-refractivity contribution in [2.75, 3.05) is 0 Å². The summed E-state index contributed by atoms with van der Waals surface area (Å²) in [6, 6.07) is 7.62. The molecule has 0 bridgehead atoms. The number of aromatic nitrogens is 1. The third-order valence-corrected chi connectivity index (χ3v) is 2.97. The van der Waals surface area contributed by atoms with Crippen LogP contribution in [-0.4, -0.2) is 20.7 Å². The van der Waals surface area contributed by atoms with Crippen LogP contribution < -0.4 is 0 Å². The highest BCUT2D eigenvalue weighted by molar-refractivity contribution is 5.85. The van der Waals surface area contributed by atoms with Gasteiger partial charge in [-0.15, -0.1) is 0 Å². The van der Waals surface area contributed by atoms with Gasteiger partial charge >= 0.3 is 5.97 Å². The lowest BCUT2D eigenvalue weighted by atomic mass is 9.92. The Morgan fingerprint density at radius 3 is 2.71 bits per heavy atom. The summed E-state index contributed by atoms with van der Waals surface area (Å²) in [6.07, 6.45) is 1.48. The first-order valence-electron chi connectivity index (χ1n) is 5.40. The van der Waals surface area contributed by atoms with Gasteiger partial charge in [-0.05, 0) is 13.0 Å². The summed E-state index contributed by atoms with van der Waals surface area (Å²) < 4.78 is 1.89. The Kier molecular flexibility index (Phi) is 2.67. The molecule has 1 aromatic carbocycles. The van der Waals surface area contributed by atoms with Crippen LogP contribution in [0.3, 0.4) is 0 Å². The SMILES string of the molecule is Cn1cc(C(C)(O)CC(=O)O)c2ccccc21. The van der Waals surface area contributed by atoms with Gasteiger partial charge in [-0.1, -0.05) is 18.2 Å². The summed E-state index contributed by atoms with van der Waals surface area (Å²) in [5, 5.41) is 20.0. The quantitative estimate of drug-likeness (QED) is 0.850. The number of nitrogens with zero attached hydrogens (tertiary/aromatic N) is 1. The normalized spacial score (nSPS) is 14.8. The number of fused-ring (bicyclic) bond motifs is 1. The summed E-state index contributed by atoms with van der Waals surface area (Å²) >= 11 is 0. The molecule has 4 heteroatoms. The van der Waals surface area contributed by atoms with Crippen molar-refractivity contribution in [2.45, 2.75) is 18.9 Å². The highest BCUT2D eigenvalue weighted by atomic mass is 16.4. The standard InChI is InChI=1S/C13H15NO3/c1-13(17,7-12(15)16)10-8-14(2)11-6-4-3-5-9(10)11/h3-6,8,17H,7H2,1-2H3,(H,15,16). The molecule has 1 aromatic heterocycles. The van der Waals surface area contributed by atoms with E-state index in [0.29, 0.717) is 5.56 Å². The Hall–Kier alpha value is -1.81. The maximum absolute atomic E-state index is 10.8. The van der Waals surface area contributed by atoms with E-state index in [4.69, 9.17) is 5.11 Å². The van der Waals surface area contributed by atoms with Gasteiger partial charge in [-0.3, -0.25) is 4.79 Å². The molecule has 2 aromatic rings. The van der Waals surface area contributed by atoms with Crippen LogP contribution in [-0.2, 0) is 17.4 Å². The van der Waals surface area contributed by atoms with Crippen LogP contribution in [0, 0.1) is 0 Å². The van der Waals surface area contributed by atoms with Crippen LogP contribution in [0.4, 0.5) is 0 Å². The lowest BCUT2D eigenvalue weighted by Gasteiger charge is -2.20. The van der Waals surface area contributed by atoms with E-state index in [1.807, 2.05) is 35.9 Å². The van der Waals surface area contributed by atoms with E-state index in [-0.39, 0.29) is 6.42 Å². The van der Waals surface area contributed by atoms with Crippen molar-refractivity contribution < 1.29 is 15.0 Å². The minimum absolute atomic E-state index is 0.305. The molecule has 0 saturated heterocycles. The number of hydrogen-bond donors (Lipinski definition) is 2. The number of carboxylic acids is 1. The maximum atomic E-state index is 10.8. The molecular formula is C13H15NO3. The maximum Gasteiger partial charge on any atom is 0.306 e. The fourth-order valence-corrected chi connectivity index (χ4v) is 2.16.